The topological polar surface area (TPSA) is 45.7 Å². The maximum absolute atomic E-state index is 5.09. The molecule has 0 aliphatic carbocycles. The molecular formula is C13H17N3OS. The molecule has 0 heterocycles. The maximum atomic E-state index is 5.09. The summed E-state index contributed by atoms with van der Waals surface area (Å²) < 4.78 is 5.09. The van der Waals surface area contributed by atoms with E-state index in [2.05, 4.69) is 15.8 Å². The molecule has 1 aromatic rings. The van der Waals surface area contributed by atoms with Crippen molar-refractivity contribution < 1.29 is 4.74 Å². The van der Waals surface area contributed by atoms with Gasteiger partial charge in [-0.05, 0) is 42.9 Å². The minimum Gasteiger partial charge on any atom is -0.497 e. The number of allylic oxidation sites excluding steroid dienone is 1. The van der Waals surface area contributed by atoms with Crippen LogP contribution in [0.4, 0.5) is 0 Å². The Morgan fingerprint density at radius 2 is 2.00 bits per heavy atom. The third-order valence-electron chi connectivity index (χ3n) is 2.19. The summed E-state index contributed by atoms with van der Waals surface area (Å²) in [6.45, 7) is 1.89. The van der Waals surface area contributed by atoms with Gasteiger partial charge in [-0.25, -0.2) is 0 Å². The molecule has 0 fully saturated rings. The average Bonchev–Trinajstić information content (AvgIpc) is 2.42. The summed E-state index contributed by atoms with van der Waals surface area (Å²) in [6, 6.07) is 7.80. The second-order valence-electron chi connectivity index (χ2n) is 3.55. The molecule has 0 spiro atoms. The van der Waals surface area contributed by atoms with E-state index in [1.807, 2.05) is 43.3 Å². The molecule has 1 aromatic carbocycles. The summed E-state index contributed by atoms with van der Waals surface area (Å²) in [7, 11) is 3.39. The van der Waals surface area contributed by atoms with E-state index in [1.165, 1.54) is 0 Å². The van der Waals surface area contributed by atoms with Crippen molar-refractivity contribution in [2.75, 3.05) is 14.2 Å². The number of ether oxygens (including phenoxy) is 1. The fourth-order valence-electron chi connectivity index (χ4n) is 1.16. The van der Waals surface area contributed by atoms with Crippen molar-refractivity contribution in [1.29, 1.82) is 0 Å². The molecule has 0 aliphatic heterocycles. The first-order valence-electron chi connectivity index (χ1n) is 5.50. The first kappa shape index (κ1) is 14.2. The zero-order chi connectivity index (χ0) is 13.4. The Hall–Kier alpha value is -1.88. The summed E-state index contributed by atoms with van der Waals surface area (Å²) in [6.07, 6.45) is 3.88. The molecule has 0 atom stereocenters. The molecule has 0 bridgehead atoms. The number of thiocarbonyl (C=S) groups is 1. The highest BCUT2D eigenvalue weighted by Crippen LogP contribution is 2.12. The smallest absolute Gasteiger partial charge is 0.186 e. The second kappa shape index (κ2) is 7.45. The van der Waals surface area contributed by atoms with Crippen LogP contribution < -0.4 is 15.5 Å². The molecule has 0 saturated carbocycles. The minimum absolute atomic E-state index is 0.493. The lowest BCUT2D eigenvalue weighted by Crippen LogP contribution is -2.28. The van der Waals surface area contributed by atoms with Crippen LogP contribution in [-0.4, -0.2) is 25.0 Å². The van der Waals surface area contributed by atoms with E-state index in [9.17, 15) is 0 Å². The summed E-state index contributed by atoms with van der Waals surface area (Å²) in [5.74, 6) is 0.846. The second-order valence-corrected chi connectivity index (χ2v) is 3.96. The standard InChI is InChI=1S/C13H17N3OS/c1-10(15-16-13(18)14-2)4-5-11-6-8-12(17-3)9-7-11/h4-9H,1-3H3,(H2,14,16,18)/b5-4?,15-10+. The van der Waals surface area contributed by atoms with Crippen LogP contribution in [0.3, 0.4) is 0 Å². The normalized spacial score (nSPS) is 11.4. The van der Waals surface area contributed by atoms with Gasteiger partial charge in [0.15, 0.2) is 5.11 Å². The highest BCUT2D eigenvalue weighted by atomic mass is 32.1. The van der Waals surface area contributed by atoms with Crippen LogP contribution in [0.1, 0.15) is 12.5 Å². The summed E-state index contributed by atoms with van der Waals surface area (Å²) in [5, 5.41) is 7.37. The maximum Gasteiger partial charge on any atom is 0.186 e. The SMILES string of the molecule is CNC(=S)N/N=C(\C)C=Cc1ccc(OC)cc1. The number of rotatable bonds is 4. The van der Waals surface area contributed by atoms with Crippen LogP contribution in [0.5, 0.6) is 5.75 Å². The Labute approximate surface area is 113 Å². The van der Waals surface area contributed by atoms with Gasteiger partial charge in [0.1, 0.15) is 5.75 Å². The van der Waals surface area contributed by atoms with Gasteiger partial charge in [0.25, 0.3) is 0 Å². The molecule has 5 heteroatoms. The highest BCUT2D eigenvalue weighted by molar-refractivity contribution is 7.80. The third kappa shape index (κ3) is 4.97. The Morgan fingerprint density at radius 1 is 1.33 bits per heavy atom. The molecule has 1 rings (SSSR count). The monoisotopic (exact) mass is 263 g/mol. The van der Waals surface area contributed by atoms with E-state index < -0.39 is 0 Å². The van der Waals surface area contributed by atoms with E-state index >= 15 is 0 Å². The number of hydrogen-bond donors (Lipinski definition) is 2. The van der Waals surface area contributed by atoms with Gasteiger partial charge in [0.2, 0.25) is 0 Å². The predicted octanol–water partition coefficient (Wildman–Crippen LogP) is 2.18. The number of hydrazone groups is 1. The van der Waals surface area contributed by atoms with Gasteiger partial charge in [-0.2, -0.15) is 5.10 Å². The van der Waals surface area contributed by atoms with Crippen LogP contribution in [-0.2, 0) is 0 Å². The minimum atomic E-state index is 0.493. The molecule has 0 unspecified atom stereocenters. The van der Waals surface area contributed by atoms with Crippen LogP contribution in [0.25, 0.3) is 6.08 Å². The zero-order valence-corrected chi connectivity index (χ0v) is 11.5. The molecule has 0 saturated heterocycles. The van der Waals surface area contributed by atoms with Gasteiger partial charge >= 0.3 is 0 Å². The molecule has 18 heavy (non-hydrogen) atoms. The summed E-state index contributed by atoms with van der Waals surface area (Å²) in [4.78, 5) is 0. The van der Waals surface area contributed by atoms with Gasteiger partial charge in [-0.15, -0.1) is 0 Å². The van der Waals surface area contributed by atoms with Crippen molar-refractivity contribution >= 4 is 29.1 Å². The predicted molar refractivity (Wildman–Crippen MR) is 79.9 cm³/mol. The van der Waals surface area contributed by atoms with E-state index in [-0.39, 0.29) is 0 Å². The molecule has 96 valence electrons. The van der Waals surface area contributed by atoms with E-state index in [4.69, 9.17) is 17.0 Å². The number of methoxy groups -OCH3 is 1. The van der Waals surface area contributed by atoms with Crippen LogP contribution in [0.15, 0.2) is 35.4 Å². The first-order valence-corrected chi connectivity index (χ1v) is 5.90. The zero-order valence-electron chi connectivity index (χ0n) is 10.7. The summed E-state index contributed by atoms with van der Waals surface area (Å²) in [5.41, 5.74) is 4.64. The van der Waals surface area contributed by atoms with Gasteiger partial charge in [-0.3, -0.25) is 5.43 Å². The van der Waals surface area contributed by atoms with Crippen molar-refractivity contribution in [2.45, 2.75) is 6.92 Å². The van der Waals surface area contributed by atoms with Crippen molar-refractivity contribution in [2.24, 2.45) is 5.10 Å². The van der Waals surface area contributed by atoms with Crippen molar-refractivity contribution in [3.63, 3.8) is 0 Å². The molecule has 0 radical (unpaired) electrons. The Balaban J connectivity index is 2.59. The Bertz CT molecular complexity index is 452. The molecule has 0 amide bonds. The number of benzene rings is 1. The fraction of sp³-hybridized carbons (Fsp3) is 0.231. The van der Waals surface area contributed by atoms with Gasteiger partial charge < -0.3 is 10.1 Å². The first-order chi connectivity index (χ1) is 8.65. The third-order valence-corrected chi connectivity index (χ3v) is 2.49. The van der Waals surface area contributed by atoms with E-state index in [0.29, 0.717) is 5.11 Å². The molecule has 0 aromatic heterocycles. The van der Waals surface area contributed by atoms with E-state index in [0.717, 1.165) is 17.0 Å². The van der Waals surface area contributed by atoms with Gasteiger partial charge in [0, 0.05) is 7.05 Å². The number of nitrogens with zero attached hydrogens (tertiary/aromatic N) is 1. The summed E-state index contributed by atoms with van der Waals surface area (Å²) >= 11 is 4.91. The van der Waals surface area contributed by atoms with Crippen LogP contribution in [0, 0.1) is 0 Å². The fourth-order valence-corrected chi connectivity index (χ4v) is 1.21. The lowest BCUT2D eigenvalue weighted by atomic mass is 10.2. The molecule has 2 N–H and O–H groups in total. The number of nitrogens with one attached hydrogen (secondary N) is 2. The lowest BCUT2D eigenvalue weighted by Gasteiger charge is -2.01. The van der Waals surface area contributed by atoms with Crippen molar-refractivity contribution in [1.82, 2.24) is 10.7 Å². The highest BCUT2D eigenvalue weighted by Gasteiger charge is 1.91. The molecule has 0 aliphatic rings. The average molecular weight is 263 g/mol. The van der Waals surface area contributed by atoms with Crippen molar-refractivity contribution in [3.05, 3.63) is 35.9 Å². The molecular weight excluding hydrogens is 246 g/mol. The van der Waals surface area contributed by atoms with Crippen LogP contribution >= 0.6 is 12.2 Å². The quantitative estimate of drug-likeness (QED) is 0.496. The van der Waals surface area contributed by atoms with Crippen molar-refractivity contribution in [3.8, 4) is 5.75 Å². The Kier molecular flexibility index (Phi) is 5.87. The van der Waals surface area contributed by atoms with Crippen LogP contribution in [0.2, 0.25) is 0 Å². The molecule has 4 nitrogen and oxygen atoms in total. The van der Waals surface area contributed by atoms with Gasteiger partial charge in [-0.1, -0.05) is 18.2 Å². The lowest BCUT2D eigenvalue weighted by molar-refractivity contribution is 0.415. The Morgan fingerprint density at radius 3 is 2.56 bits per heavy atom. The van der Waals surface area contributed by atoms with E-state index in [1.54, 1.807) is 14.2 Å². The number of hydrogen-bond acceptors (Lipinski definition) is 3. The largest absolute Gasteiger partial charge is 0.497 e. The van der Waals surface area contributed by atoms with Gasteiger partial charge in [0.05, 0.1) is 12.8 Å².